The molecule has 1 aliphatic rings. The molecule has 0 saturated heterocycles. The highest BCUT2D eigenvalue weighted by Crippen LogP contribution is 2.24. The fraction of sp³-hybridized carbons (Fsp3) is 0.455. The number of halogens is 1. The zero-order valence-electron chi connectivity index (χ0n) is 15.5. The normalized spacial score (nSPS) is 23.0. The number of rotatable bonds is 6. The van der Waals surface area contributed by atoms with Gasteiger partial charge in [-0.05, 0) is 87.0 Å². The van der Waals surface area contributed by atoms with Crippen molar-refractivity contribution >= 4 is 0 Å². The number of aryl methyl sites for hydroxylation is 2. The molecule has 4 heteroatoms. The van der Waals surface area contributed by atoms with Gasteiger partial charge in [-0.25, -0.2) is 4.39 Å². The third-order valence-electron chi connectivity index (χ3n) is 5.29. The molecule has 2 N–H and O–H groups in total. The molecule has 0 unspecified atom stereocenters. The maximum absolute atomic E-state index is 13.0. The second-order valence-electron chi connectivity index (χ2n) is 7.26. The smallest absolute Gasteiger partial charge is 0.126 e. The summed E-state index contributed by atoms with van der Waals surface area (Å²) in [5.41, 5.74) is 3.93. The minimum absolute atomic E-state index is 0.0285. The van der Waals surface area contributed by atoms with Crippen LogP contribution in [0, 0.1) is 19.7 Å². The maximum atomic E-state index is 13.0. The van der Waals surface area contributed by atoms with E-state index in [1.54, 1.807) is 12.1 Å². The van der Waals surface area contributed by atoms with Crippen LogP contribution in [0.4, 0.5) is 4.39 Å². The van der Waals surface area contributed by atoms with Crippen LogP contribution in [-0.4, -0.2) is 29.9 Å². The van der Waals surface area contributed by atoms with E-state index >= 15 is 0 Å². The molecule has 0 radical (unpaired) electrons. The number of ether oxygens (including phenoxy) is 1. The molecule has 1 fully saturated rings. The lowest BCUT2D eigenvalue weighted by Gasteiger charge is -2.35. The van der Waals surface area contributed by atoms with Crippen LogP contribution in [0.15, 0.2) is 42.5 Å². The van der Waals surface area contributed by atoms with Crippen molar-refractivity contribution in [3.8, 4) is 5.75 Å². The third-order valence-corrected chi connectivity index (χ3v) is 5.29. The Kier molecular flexibility index (Phi) is 6.28. The molecule has 2 aromatic carbocycles. The predicted octanol–water partition coefficient (Wildman–Crippen LogP) is 3.94. The van der Waals surface area contributed by atoms with E-state index in [1.807, 2.05) is 0 Å². The fourth-order valence-corrected chi connectivity index (χ4v) is 3.54. The van der Waals surface area contributed by atoms with Gasteiger partial charge in [0.15, 0.2) is 0 Å². The highest BCUT2D eigenvalue weighted by molar-refractivity contribution is 5.30. The van der Waals surface area contributed by atoms with E-state index < -0.39 is 6.10 Å². The van der Waals surface area contributed by atoms with Crippen molar-refractivity contribution in [2.75, 3.05) is 6.54 Å². The quantitative estimate of drug-likeness (QED) is 0.823. The Morgan fingerprint density at radius 1 is 1.08 bits per heavy atom. The van der Waals surface area contributed by atoms with Gasteiger partial charge in [0.25, 0.3) is 0 Å². The Balaban J connectivity index is 1.51. The van der Waals surface area contributed by atoms with Crippen LogP contribution in [0.5, 0.6) is 5.75 Å². The predicted molar refractivity (Wildman–Crippen MR) is 102 cm³/mol. The van der Waals surface area contributed by atoms with Gasteiger partial charge in [0.05, 0.1) is 0 Å². The zero-order valence-corrected chi connectivity index (χ0v) is 15.5. The first-order valence-electron chi connectivity index (χ1n) is 9.43. The molecule has 26 heavy (non-hydrogen) atoms. The summed E-state index contributed by atoms with van der Waals surface area (Å²) >= 11 is 0. The number of hydrogen-bond acceptors (Lipinski definition) is 3. The highest BCUT2D eigenvalue weighted by Gasteiger charge is 2.32. The highest BCUT2D eigenvalue weighted by atomic mass is 19.1. The number of nitrogens with one attached hydrogen (secondary N) is 1. The average molecular weight is 357 g/mol. The van der Waals surface area contributed by atoms with E-state index in [1.165, 1.54) is 28.8 Å². The summed E-state index contributed by atoms with van der Waals surface area (Å²) in [7, 11) is 0. The van der Waals surface area contributed by atoms with E-state index in [0.717, 1.165) is 32.2 Å². The Morgan fingerprint density at radius 2 is 1.85 bits per heavy atom. The first-order valence-corrected chi connectivity index (χ1v) is 9.43. The summed E-state index contributed by atoms with van der Waals surface area (Å²) < 4.78 is 18.9. The van der Waals surface area contributed by atoms with Crippen LogP contribution >= 0.6 is 0 Å². The Hall–Kier alpha value is -1.91. The van der Waals surface area contributed by atoms with Crippen molar-refractivity contribution in [2.24, 2.45) is 0 Å². The Bertz CT molecular complexity index is 717. The van der Waals surface area contributed by atoms with Crippen LogP contribution in [0.25, 0.3) is 0 Å². The van der Waals surface area contributed by atoms with E-state index in [-0.39, 0.29) is 18.0 Å². The number of aliphatic hydroxyl groups is 1. The van der Waals surface area contributed by atoms with E-state index in [4.69, 9.17) is 4.74 Å². The minimum atomic E-state index is -0.562. The van der Waals surface area contributed by atoms with Gasteiger partial charge in [-0.15, -0.1) is 0 Å². The topological polar surface area (TPSA) is 41.5 Å². The van der Waals surface area contributed by atoms with Gasteiger partial charge >= 0.3 is 0 Å². The van der Waals surface area contributed by atoms with Gasteiger partial charge in [0.2, 0.25) is 0 Å². The van der Waals surface area contributed by atoms with Crippen molar-refractivity contribution in [1.29, 1.82) is 0 Å². The van der Waals surface area contributed by atoms with Crippen molar-refractivity contribution < 1.29 is 14.2 Å². The number of hydrogen-bond donors (Lipinski definition) is 2. The van der Waals surface area contributed by atoms with Gasteiger partial charge in [0, 0.05) is 6.04 Å². The average Bonchev–Trinajstić information content (AvgIpc) is 2.63. The van der Waals surface area contributed by atoms with Gasteiger partial charge in [-0.3, -0.25) is 0 Å². The molecule has 0 bridgehead atoms. The maximum Gasteiger partial charge on any atom is 0.126 e. The molecule has 3 atom stereocenters. The summed E-state index contributed by atoms with van der Waals surface area (Å²) in [5, 5.41) is 14.1. The molecule has 1 aliphatic carbocycles. The second kappa shape index (κ2) is 8.65. The van der Waals surface area contributed by atoms with Crippen LogP contribution in [0.1, 0.15) is 36.0 Å². The lowest BCUT2D eigenvalue weighted by molar-refractivity contribution is -0.0151. The largest absolute Gasteiger partial charge is 0.488 e. The van der Waals surface area contributed by atoms with Crippen molar-refractivity contribution in [1.82, 2.24) is 5.32 Å². The molecule has 0 amide bonds. The summed E-state index contributed by atoms with van der Waals surface area (Å²) in [6.07, 6.45) is 2.88. The summed E-state index contributed by atoms with van der Waals surface area (Å²) in [4.78, 5) is 0. The SMILES string of the molecule is Cc1ccc(CCN[C@H]2CCC[C@@H](Oc3ccc(F)cc3)[C@@H]2O)cc1C. The first kappa shape index (κ1) is 18.9. The van der Waals surface area contributed by atoms with E-state index in [2.05, 4.69) is 37.4 Å². The minimum Gasteiger partial charge on any atom is -0.488 e. The molecule has 2 aromatic rings. The molecular weight excluding hydrogens is 329 g/mol. The van der Waals surface area contributed by atoms with E-state index in [9.17, 15) is 9.50 Å². The number of aliphatic hydroxyl groups excluding tert-OH is 1. The van der Waals surface area contributed by atoms with Crippen LogP contribution < -0.4 is 10.1 Å². The van der Waals surface area contributed by atoms with Gasteiger partial charge in [-0.2, -0.15) is 0 Å². The molecule has 140 valence electrons. The van der Waals surface area contributed by atoms with Crippen LogP contribution in [0.2, 0.25) is 0 Å². The summed E-state index contributed by atoms with van der Waals surface area (Å²) in [5.74, 6) is 0.318. The number of benzene rings is 2. The Morgan fingerprint density at radius 3 is 2.58 bits per heavy atom. The molecule has 3 rings (SSSR count). The Labute approximate surface area is 155 Å². The third kappa shape index (κ3) is 4.83. The van der Waals surface area contributed by atoms with Gasteiger partial charge in [0.1, 0.15) is 23.8 Å². The summed E-state index contributed by atoms with van der Waals surface area (Å²) in [6, 6.07) is 12.6. The lowest BCUT2D eigenvalue weighted by atomic mass is 9.89. The molecular formula is C22H28FNO2. The molecule has 0 aliphatic heterocycles. The van der Waals surface area contributed by atoms with Crippen molar-refractivity contribution in [2.45, 2.75) is 57.8 Å². The van der Waals surface area contributed by atoms with E-state index in [0.29, 0.717) is 5.75 Å². The zero-order chi connectivity index (χ0) is 18.5. The standard InChI is InChI=1S/C22H28FNO2/c1-15-6-7-17(14-16(15)2)12-13-24-20-4-3-5-21(22(20)25)26-19-10-8-18(23)9-11-19/h6-11,14,20-22,24-25H,3-5,12-13H2,1-2H3/t20-,21+,22+/m0/s1. The molecule has 0 aromatic heterocycles. The summed E-state index contributed by atoms with van der Waals surface area (Å²) in [6.45, 7) is 5.08. The van der Waals surface area contributed by atoms with Crippen molar-refractivity contribution in [3.05, 3.63) is 65.0 Å². The van der Waals surface area contributed by atoms with Crippen LogP contribution in [0.3, 0.4) is 0 Å². The van der Waals surface area contributed by atoms with Crippen molar-refractivity contribution in [3.63, 3.8) is 0 Å². The monoisotopic (exact) mass is 357 g/mol. The first-order chi connectivity index (χ1) is 12.5. The van der Waals surface area contributed by atoms with Gasteiger partial charge < -0.3 is 15.2 Å². The van der Waals surface area contributed by atoms with Crippen LogP contribution in [-0.2, 0) is 6.42 Å². The van der Waals surface area contributed by atoms with Gasteiger partial charge in [-0.1, -0.05) is 18.2 Å². The fourth-order valence-electron chi connectivity index (χ4n) is 3.54. The lowest BCUT2D eigenvalue weighted by Crippen LogP contribution is -2.51. The molecule has 0 spiro atoms. The molecule has 1 saturated carbocycles. The second-order valence-corrected chi connectivity index (χ2v) is 7.26. The molecule has 0 heterocycles. The molecule has 3 nitrogen and oxygen atoms in total.